The molecule has 0 saturated carbocycles. The first-order valence-corrected chi connectivity index (χ1v) is 15.7. The topological polar surface area (TPSA) is 63.9 Å². The minimum Gasteiger partial charge on any atom is -0.488 e. The summed E-state index contributed by atoms with van der Waals surface area (Å²) in [4.78, 5) is 34.9. The fourth-order valence-corrected chi connectivity index (χ4v) is 6.53. The largest absolute Gasteiger partial charge is 0.488 e. The van der Waals surface area contributed by atoms with E-state index in [0.717, 1.165) is 21.2 Å². The maximum Gasteiger partial charge on any atom is 0.271 e. The van der Waals surface area contributed by atoms with E-state index in [-0.39, 0.29) is 11.5 Å². The SMILES string of the molecule is CCN(CC)C(=O)C1=C(C)N=c2s/c(=C/c3cc(Br)ccc3OCc3ccc(C)cc3)c(=O)n2[C@@H]1c1ccc(Cl)cc1. The van der Waals surface area contributed by atoms with E-state index in [9.17, 15) is 9.59 Å². The minimum atomic E-state index is -0.631. The molecule has 4 aromatic rings. The van der Waals surface area contributed by atoms with E-state index in [4.69, 9.17) is 21.3 Å². The van der Waals surface area contributed by atoms with Crippen LogP contribution in [0.4, 0.5) is 0 Å². The Morgan fingerprint density at radius 2 is 1.76 bits per heavy atom. The lowest BCUT2D eigenvalue weighted by Crippen LogP contribution is -2.43. The fourth-order valence-electron chi connectivity index (χ4n) is 4.99. The van der Waals surface area contributed by atoms with Gasteiger partial charge >= 0.3 is 0 Å². The second-order valence-electron chi connectivity index (χ2n) is 10.1. The Morgan fingerprint density at radius 1 is 1.07 bits per heavy atom. The molecule has 0 saturated heterocycles. The Morgan fingerprint density at radius 3 is 2.43 bits per heavy atom. The molecule has 1 aliphatic rings. The van der Waals surface area contributed by atoms with Crippen molar-refractivity contribution in [3.05, 3.63) is 129 Å². The number of allylic oxidation sites excluding steroid dienone is 1. The molecule has 9 heteroatoms. The number of likely N-dealkylation sites (N-methyl/N-ethyl adjacent to an activating group) is 1. The van der Waals surface area contributed by atoms with Crippen LogP contribution in [0.15, 0.2) is 92.3 Å². The van der Waals surface area contributed by atoms with E-state index in [1.165, 1.54) is 16.9 Å². The van der Waals surface area contributed by atoms with Gasteiger partial charge in [0.1, 0.15) is 12.4 Å². The molecule has 3 aromatic carbocycles. The third-order valence-electron chi connectivity index (χ3n) is 7.26. The summed E-state index contributed by atoms with van der Waals surface area (Å²) in [5.74, 6) is 0.529. The van der Waals surface area contributed by atoms with Crippen molar-refractivity contribution in [2.24, 2.45) is 4.99 Å². The number of thiazole rings is 1. The highest BCUT2D eigenvalue weighted by atomic mass is 79.9. The molecule has 0 N–H and O–H groups in total. The van der Waals surface area contributed by atoms with E-state index < -0.39 is 6.04 Å². The number of aromatic nitrogens is 1. The van der Waals surface area contributed by atoms with Crippen molar-refractivity contribution >= 4 is 50.9 Å². The predicted molar refractivity (Wildman–Crippen MR) is 173 cm³/mol. The van der Waals surface area contributed by atoms with Gasteiger partial charge in [0.05, 0.1) is 21.8 Å². The summed E-state index contributed by atoms with van der Waals surface area (Å²) >= 11 is 11.1. The lowest BCUT2D eigenvalue weighted by Gasteiger charge is -2.29. The van der Waals surface area contributed by atoms with Crippen molar-refractivity contribution in [2.45, 2.75) is 40.3 Å². The smallest absolute Gasteiger partial charge is 0.271 e. The quantitative estimate of drug-likeness (QED) is 0.219. The predicted octanol–water partition coefficient (Wildman–Crippen LogP) is 6.41. The van der Waals surface area contributed by atoms with Crippen LogP contribution in [-0.4, -0.2) is 28.5 Å². The molecular formula is C33H31BrClN3O3S. The molecule has 6 nitrogen and oxygen atoms in total. The number of amides is 1. The van der Waals surface area contributed by atoms with Crippen molar-refractivity contribution in [3.63, 3.8) is 0 Å². The minimum absolute atomic E-state index is 0.130. The number of ether oxygens (including phenoxy) is 1. The van der Waals surface area contributed by atoms with Crippen LogP contribution in [0.3, 0.4) is 0 Å². The number of nitrogens with zero attached hydrogens (tertiary/aromatic N) is 3. The molecule has 216 valence electrons. The van der Waals surface area contributed by atoms with Gasteiger partial charge in [-0.05, 0) is 75.2 Å². The molecule has 1 aromatic heterocycles. The normalized spacial score (nSPS) is 14.9. The van der Waals surface area contributed by atoms with Crippen molar-refractivity contribution in [2.75, 3.05) is 13.1 Å². The number of fused-ring (bicyclic) bond motifs is 1. The van der Waals surface area contributed by atoms with Gasteiger partial charge in [-0.3, -0.25) is 14.2 Å². The number of halogens is 2. The highest BCUT2D eigenvalue weighted by Gasteiger charge is 2.34. The van der Waals surface area contributed by atoms with Crippen molar-refractivity contribution in [1.29, 1.82) is 0 Å². The zero-order valence-corrected chi connectivity index (χ0v) is 27.0. The van der Waals surface area contributed by atoms with Crippen LogP contribution >= 0.6 is 38.9 Å². The van der Waals surface area contributed by atoms with E-state index in [2.05, 4.69) is 35.0 Å². The maximum atomic E-state index is 14.1. The van der Waals surface area contributed by atoms with Gasteiger partial charge in [0, 0.05) is 28.1 Å². The molecule has 1 atom stereocenters. The number of rotatable bonds is 8. The lowest BCUT2D eigenvalue weighted by molar-refractivity contribution is -0.127. The fraction of sp³-hybridized carbons (Fsp3) is 0.242. The van der Waals surface area contributed by atoms with Gasteiger partial charge in [0.2, 0.25) is 0 Å². The van der Waals surface area contributed by atoms with Crippen LogP contribution in [-0.2, 0) is 11.4 Å². The summed E-state index contributed by atoms with van der Waals surface area (Å²) < 4.78 is 9.20. The highest BCUT2D eigenvalue weighted by molar-refractivity contribution is 9.10. The number of aryl methyl sites for hydroxylation is 1. The van der Waals surface area contributed by atoms with Crippen LogP contribution in [0.5, 0.6) is 5.75 Å². The summed E-state index contributed by atoms with van der Waals surface area (Å²) in [6.45, 7) is 9.28. The van der Waals surface area contributed by atoms with E-state index >= 15 is 0 Å². The average Bonchev–Trinajstić information content (AvgIpc) is 3.27. The zero-order valence-electron chi connectivity index (χ0n) is 23.9. The molecule has 0 fully saturated rings. The summed E-state index contributed by atoms with van der Waals surface area (Å²) in [6, 6.07) is 20.6. The first kappa shape index (κ1) is 30.0. The van der Waals surface area contributed by atoms with Crippen molar-refractivity contribution in [3.8, 4) is 5.75 Å². The Labute approximate surface area is 262 Å². The van der Waals surface area contributed by atoms with Crippen molar-refractivity contribution < 1.29 is 9.53 Å². The lowest BCUT2D eigenvalue weighted by atomic mass is 9.94. The zero-order chi connectivity index (χ0) is 30.0. The standard InChI is InChI=1S/C33H31BrClN3O3S/c1-5-37(6-2)32(40)29-21(4)36-33-38(30(29)23-11-14-26(35)15-12-23)31(39)28(42-33)18-24-17-25(34)13-16-27(24)41-19-22-9-7-20(3)8-10-22/h7-18,30H,5-6,19H2,1-4H3/b28-18+/t30-/m1/s1. The van der Waals surface area contributed by atoms with E-state index in [1.54, 1.807) is 21.6 Å². The molecule has 0 unspecified atom stereocenters. The van der Waals surface area contributed by atoms with Gasteiger partial charge in [-0.2, -0.15) is 0 Å². The second-order valence-corrected chi connectivity index (χ2v) is 12.4. The Kier molecular flexibility index (Phi) is 9.16. The van der Waals surface area contributed by atoms with Gasteiger partial charge in [-0.15, -0.1) is 0 Å². The van der Waals surface area contributed by atoms with Gasteiger partial charge in [-0.25, -0.2) is 4.99 Å². The first-order chi connectivity index (χ1) is 20.2. The molecule has 42 heavy (non-hydrogen) atoms. The third kappa shape index (κ3) is 6.16. The van der Waals surface area contributed by atoms with Crippen LogP contribution in [0.1, 0.15) is 49.1 Å². The Bertz CT molecular complexity index is 1840. The molecule has 5 rings (SSSR count). The summed E-state index contributed by atoms with van der Waals surface area (Å²) in [7, 11) is 0. The van der Waals surface area contributed by atoms with Crippen LogP contribution in [0.25, 0.3) is 6.08 Å². The molecule has 0 spiro atoms. The van der Waals surface area contributed by atoms with Crippen LogP contribution in [0.2, 0.25) is 5.02 Å². The summed E-state index contributed by atoms with van der Waals surface area (Å²) in [5.41, 5.74) is 4.67. The first-order valence-electron chi connectivity index (χ1n) is 13.7. The van der Waals surface area contributed by atoms with Gasteiger partial charge in [0.25, 0.3) is 11.5 Å². The number of hydrogen-bond donors (Lipinski definition) is 0. The monoisotopic (exact) mass is 663 g/mol. The average molecular weight is 665 g/mol. The van der Waals surface area contributed by atoms with E-state index in [0.29, 0.717) is 51.1 Å². The summed E-state index contributed by atoms with van der Waals surface area (Å²) in [5, 5.41) is 0.580. The molecule has 0 bridgehead atoms. The third-order valence-corrected chi connectivity index (χ3v) is 8.99. The van der Waals surface area contributed by atoms with Gasteiger partial charge in [0.15, 0.2) is 4.80 Å². The summed E-state index contributed by atoms with van der Waals surface area (Å²) in [6.07, 6.45) is 1.84. The van der Waals surface area contributed by atoms with Crippen LogP contribution < -0.4 is 19.6 Å². The maximum absolute atomic E-state index is 14.1. The molecule has 2 heterocycles. The van der Waals surface area contributed by atoms with Gasteiger partial charge in [-0.1, -0.05) is 80.8 Å². The molecule has 1 amide bonds. The Hall–Kier alpha value is -3.46. The molecule has 0 aliphatic carbocycles. The highest BCUT2D eigenvalue weighted by Crippen LogP contribution is 2.32. The molecule has 0 radical (unpaired) electrons. The molecule has 1 aliphatic heterocycles. The number of carbonyl (C=O) groups is 1. The number of benzene rings is 3. The van der Waals surface area contributed by atoms with Crippen molar-refractivity contribution in [1.82, 2.24) is 9.47 Å². The van der Waals surface area contributed by atoms with E-state index in [1.807, 2.05) is 69.3 Å². The Balaban J connectivity index is 1.62. The number of carbonyl (C=O) groups excluding carboxylic acids is 1. The van der Waals surface area contributed by atoms with Crippen LogP contribution in [0, 0.1) is 6.92 Å². The second kappa shape index (κ2) is 12.8. The number of hydrogen-bond acceptors (Lipinski definition) is 5. The molecular weight excluding hydrogens is 634 g/mol. The van der Waals surface area contributed by atoms with Gasteiger partial charge < -0.3 is 9.64 Å².